The van der Waals surface area contributed by atoms with Crippen molar-refractivity contribution < 1.29 is 18.3 Å². The molecule has 0 spiro atoms. The molecule has 0 aliphatic heterocycles. The van der Waals surface area contributed by atoms with Crippen LogP contribution in [-0.4, -0.2) is 40.9 Å². The number of aliphatic hydroxyl groups is 1. The summed E-state index contributed by atoms with van der Waals surface area (Å²) in [7, 11) is 0. The lowest BCUT2D eigenvalue weighted by atomic mass is 10.2. The summed E-state index contributed by atoms with van der Waals surface area (Å²) >= 11 is 0. The van der Waals surface area contributed by atoms with E-state index in [0.29, 0.717) is 12.1 Å². The number of alkyl halides is 3. The minimum absolute atomic E-state index is 0.115. The molecule has 1 aromatic rings. The number of aromatic nitrogens is 1. The Hall–Kier alpha value is -1.14. The van der Waals surface area contributed by atoms with Crippen molar-refractivity contribution in [1.29, 1.82) is 0 Å². The highest BCUT2D eigenvalue weighted by molar-refractivity contribution is 5.12. The molecule has 0 amide bonds. The molecule has 3 nitrogen and oxygen atoms in total. The summed E-state index contributed by atoms with van der Waals surface area (Å²) in [6.45, 7) is 1.11. The lowest BCUT2D eigenvalue weighted by molar-refractivity contribution is -0.147. The fourth-order valence-electron chi connectivity index (χ4n) is 1.58. The summed E-state index contributed by atoms with van der Waals surface area (Å²) < 4.78 is 37.1. The van der Waals surface area contributed by atoms with Gasteiger partial charge < -0.3 is 5.11 Å². The van der Waals surface area contributed by atoms with Gasteiger partial charge in [-0.15, -0.1) is 0 Å². The predicted molar refractivity (Wildman–Crippen MR) is 62.0 cm³/mol. The smallest absolute Gasteiger partial charge is 0.396 e. The van der Waals surface area contributed by atoms with Gasteiger partial charge in [-0.05, 0) is 25.0 Å². The van der Waals surface area contributed by atoms with Crippen LogP contribution in [0.25, 0.3) is 0 Å². The summed E-state index contributed by atoms with van der Waals surface area (Å²) in [6, 6.07) is 3.54. The zero-order valence-electron chi connectivity index (χ0n) is 10.2. The van der Waals surface area contributed by atoms with E-state index in [1.165, 1.54) is 4.90 Å². The zero-order valence-corrected chi connectivity index (χ0v) is 10.2. The Balaban J connectivity index is 2.62. The highest BCUT2D eigenvalue weighted by Gasteiger charge is 2.30. The van der Waals surface area contributed by atoms with Crippen LogP contribution in [-0.2, 0) is 6.54 Å². The van der Waals surface area contributed by atoms with Crippen molar-refractivity contribution >= 4 is 0 Å². The van der Waals surface area contributed by atoms with Gasteiger partial charge in [0.05, 0.1) is 12.2 Å². The average Bonchev–Trinajstić information content (AvgIpc) is 2.27. The lowest BCUT2D eigenvalue weighted by Crippen LogP contribution is -2.35. The van der Waals surface area contributed by atoms with Gasteiger partial charge in [0.2, 0.25) is 0 Å². The zero-order chi connectivity index (χ0) is 13.6. The molecule has 6 heteroatoms. The summed E-state index contributed by atoms with van der Waals surface area (Å²) in [5.41, 5.74) is 1.57. The molecule has 18 heavy (non-hydrogen) atoms. The van der Waals surface area contributed by atoms with Crippen molar-refractivity contribution in [3.8, 4) is 0 Å². The summed E-state index contributed by atoms with van der Waals surface area (Å²) in [4.78, 5) is 5.33. The number of aryl methyl sites for hydroxylation is 1. The molecule has 1 aromatic heterocycles. The number of nitrogens with zero attached hydrogens (tertiary/aromatic N) is 2. The molecular formula is C12H17F3N2O. The first kappa shape index (κ1) is 14.9. The molecule has 0 atom stereocenters. The molecule has 0 unspecified atom stereocenters. The minimum atomic E-state index is -4.24. The molecule has 0 bridgehead atoms. The first-order valence-electron chi connectivity index (χ1n) is 5.72. The van der Waals surface area contributed by atoms with Gasteiger partial charge in [0, 0.05) is 25.9 Å². The van der Waals surface area contributed by atoms with E-state index in [1.807, 2.05) is 13.0 Å². The van der Waals surface area contributed by atoms with Crippen LogP contribution in [0.3, 0.4) is 0 Å². The second-order valence-electron chi connectivity index (χ2n) is 4.23. The van der Waals surface area contributed by atoms with Crippen LogP contribution in [0.2, 0.25) is 0 Å². The molecule has 0 saturated carbocycles. The maximum absolute atomic E-state index is 12.4. The van der Waals surface area contributed by atoms with Gasteiger partial charge in [-0.2, -0.15) is 13.2 Å². The maximum Gasteiger partial charge on any atom is 0.401 e. The number of rotatable bonds is 6. The molecule has 0 aliphatic rings. The van der Waals surface area contributed by atoms with E-state index in [9.17, 15) is 13.2 Å². The molecule has 1 heterocycles. The fraction of sp³-hybridized carbons (Fsp3) is 0.583. The molecule has 0 fully saturated rings. The number of aliphatic hydroxyl groups excluding tert-OH is 1. The first-order valence-corrected chi connectivity index (χ1v) is 5.72. The van der Waals surface area contributed by atoms with E-state index in [-0.39, 0.29) is 19.7 Å². The monoisotopic (exact) mass is 262 g/mol. The van der Waals surface area contributed by atoms with Crippen molar-refractivity contribution in [2.24, 2.45) is 0 Å². The standard InChI is InChI=1S/C12H17F3N2O/c1-10-3-4-11(16-7-10)8-17(5-2-6-18)9-12(13,14)15/h3-4,7,18H,2,5-6,8-9H2,1H3. The van der Waals surface area contributed by atoms with Crippen molar-refractivity contribution in [3.63, 3.8) is 0 Å². The van der Waals surface area contributed by atoms with Crippen LogP contribution in [0.4, 0.5) is 13.2 Å². The molecule has 0 aliphatic carbocycles. The topological polar surface area (TPSA) is 36.4 Å². The van der Waals surface area contributed by atoms with Crippen molar-refractivity contribution in [2.75, 3.05) is 19.7 Å². The van der Waals surface area contributed by atoms with Crippen molar-refractivity contribution in [3.05, 3.63) is 29.6 Å². The lowest BCUT2D eigenvalue weighted by Gasteiger charge is -2.22. The van der Waals surface area contributed by atoms with E-state index in [2.05, 4.69) is 4.98 Å². The van der Waals surface area contributed by atoms with Crippen LogP contribution >= 0.6 is 0 Å². The third-order valence-electron chi connectivity index (χ3n) is 2.39. The number of hydrogen-bond acceptors (Lipinski definition) is 3. The fourth-order valence-corrected chi connectivity index (χ4v) is 1.58. The van der Waals surface area contributed by atoms with Gasteiger partial charge in [0.1, 0.15) is 0 Å². The van der Waals surface area contributed by atoms with E-state index < -0.39 is 12.7 Å². The third kappa shape index (κ3) is 5.97. The molecule has 1 N–H and O–H groups in total. The van der Waals surface area contributed by atoms with Crippen LogP contribution in [0.5, 0.6) is 0 Å². The van der Waals surface area contributed by atoms with Crippen molar-refractivity contribution in [2.45, 2.75) is 26.1 Å². The van der Waals surface area contributed by atoms with Gasteiger partial charge >= 0.3 is 6.18 Å². The highest BCUT2D eigenvalue weighted by atomic mass is 19.4. The summed E-state index contributed by atoms with van der Waals surface area (Å²) in [6.07, 6.45) is -2.28. The van der Waals surface area contributed by atoms with Crippen molar-refractivity contribution in [1.82, 2.24) is 9.88 Å². The van der Waals surface area contributed by atoms with E-state index in [0.717, 1.165) is 5.56 Å². The quantitative estimate of drug-likeness (QED) is 0.853. The minimum Gasteiger partial charge on any atom is -0.396 e. The Morgan fingerprint density at radius 3 is 2.56 bits per heavy atom. The number of pyridine rings is 1. The second kappa shape index (κ2) is 6.70. The van der Waals surface area contributed by atoms with Gasteiger partial charge in [0.25, 0.3) is 0 Å². The molecule has 0 aromatic carbocycles. The van der Waals surface area contributed by atoms with Gasteiger partial charge in [-0.1, -0.05) is 6.07 Å². The SMILES string of the molecule is Cc1ccc(CN(CCCO)CC(F)(F)F)nc1. The third-order valence-corrected chi connectivity index (χ3v) is 2.39. The van der Waals surface area contributed by atoms with Gasteiger partial charge in [0.15, 0.2) is 0 Å². The van der Waals surface area contributed by atoms with E-state index in [1.54, 1.807) is 12.3 Å². The summed E-state index contributed by atoms with van der Waals surface area (Å²) in [5, 5.41) is 8.69. The predicted octanol–water partition coefficient (Wildman–Crippen LogP) is 2.14. The van der Waals surface area contributed by atoms with Crippen LogP contribution in [0, 0.1) is 6.92 Å². The Labute approximate surface area is 104 Å². The Morgan fingerprint density at radius 2 is 2.06 bits per heavy atom. The van der Waals surface area contributed by atoms with E-state index >= 15 is 0 Å². The number of hydrogen-bond donors (Lipinski definition) is 1. The molecule has 0 saturated heterocycles. The summed E-state index contributed by atoms with van der Waals surface area (Å²) in [5.74, 6) is 0. The number of halogens is 3. The van der Waals surface area contributed by atoms with Gasteiger partial charge in [-0.3, -0.25) is 9.88 Å². The average molecular weight is 262 g/mol. The van der Waals surface area contributed by atoms with E-state index in [4.69, 9.17) is 5.11 Å². The Morgan fingerprint density at radius 1 is 1.33 bits per heavy atom. The molecular weight excluding hydrogens is 245 g/mol. The van der Waals surface area contributed by atoms with Gasteiger partial charge in [-0.25, -0.2) is 0 Å². The Bertz CT molecular complexity index is 351. The largest absolute Gasteiger partial charge is 0.401 e. The van der Waals surface area contributed by atoms with Crippen LogP contribution in [0.15, 0.2) is 18.3 Å². The maximum atomic E-state index is 12.4. The molecule has 0 radical (unpaired) electrons. The second-order valence-corrected chi connectivity index (χ2v) is 4.23. The van der Waals surface area contributed by atoms with Crippen LogP contribution in [0.1, 0.15) is 17.7 Å². The highest BCUT2D eigenvalue weighted by Crippen LogP contribution is 2.18. The molecule has 102 valence electrons. The first-order chi connectivity index (χ1) is 8.40. The van der Waals surface area contributed by atoms with Crippen LogP contribution < -0.4 is 0 Å². The molecule has 1 rings (SSSR count). The normalized spacial score (nSPS) is 12.1. The Kier molecular flexibility index (Phi) is 5.55.